The molecule has 2 unspecified atom stereocenters. The van der Waals surface area contributed by atoms with Crippen LogP contribution in [0.25, 0.3) is 0 Å². The highest BCUT2D eigenvalue weighted by molar-refractivity contribution is 5.56. The summed E-state index contributed by atoms with van der Waals surface area (Å²) in [6, 6.07) is 6.01. The van der Waals surface area contributed by atoms with E-state index in [4.69, 9.17) is 14.6 Å². The lowest BCUT2D eigenvalue weighted by atomic mass is 9.96. The molecule has 1 aliphatic heterocycles. The van der Waals surface area contributed by atoms with Gasteiger partial charge in [-0.05, 0) is 24.7 Å². The van der Waals surface area contributed by atoms with Crippen molar-refractivity contribution in [3.05, 3.63) is 18.2 Å². The summed E-state index contributed by atoms with van der Waals surface area (Å²) in [5, 5.41) is 9.17. The average Bonchev–Trinajstić information content (AvgIpc) is 2.94. The Morgan fingerprint density at radius 1 is 1.25 bits per heavy atom. The van der Waals surface area contributed by atoms with Crippen LogP contribution in [0.15, 0.2) is 18.2 Å². The van der Waals surface area contributed by atoms with E-state index in [2.05, 4.69) is 24.0 Å². The molecule has 0 aliphatic carbocycles. The number of methoxy groups -OCH3 is 2. The van der Waals surface area contributed by atoms with Crippen LogP contribution >= 0.6 is 0 Å². The molecule has 0 aromatic heterocycles. The fraction of sp³-hybridized carbons (Fsp3) is 0.625. The number of anilines is 1. The molecule has 0 radical (unpaired) electrons. The fourth-order valence-electron chi connectivity index (χ4n) is 2.88. The lowest BCUT2D eigenvalue weighted by Crippen LogP contribution is -2.20. The maximum atomic E-state index is 9.17. The van der Waals surface area contributed by atoms with Gasteiger partial charge in [-0.1, -0.05) is 6.92 Å². The molecule has 1 fully saturated rings. The van der Waals surface area contributed by atoms with Crippen LogP contribution in [0, 0.1) is 11.8 Å². The Hall–Kier alpha value is -1.42. The molecule has 2 atom stereocenters. The van der Waals surface area contributed by atoms with Gasteiger partial charge in [-0.25, -0.2) is 0 Å². The molecule has 2 rings (SSSR count). The van der Waals surface area contributed by atoms with Crippen LogP contribution in [0.3, 0.4) is 0 Å². The number of ether oxygens (including phenoxy) is 2. The minimum atomic E-state index is 0.281. The standard InChI is InChI=1S/C16H25NO3/c1-12(11-18)6-13-4-5-17(10-13)14-7-15(19-2)9-16(8-14)20-3/h7-9,12-13,18H,4-6,10-11H2,1-3H3. The molecule has 0 amide bonds. The van der Waals surface area contributed by atoms with Crippen molar-refractivity contribution in [2.24, 2.45) is 11.8 Å². The first kappa shape index (κ1) is 15.0. The summed E-state index contributed by atoms with van der Waals surface area (Å²) < 4.78 is 10.7. The number of hydrogen-bond donors (Lipinski definition) is 1. The van der Waals surface area contributed by atoms with Gasteiger partial charge in [-0.2, -0.15) is 0 Å². The predicted molar refractivity (Wildman–Crippen MR) is 80.7 cm³/mol. The van der Waals surface area contributed by atoms with E-state index < -0.39 is 0 Å². The zero-order valence-electron chi connectivity index (χ0n) is 12.6. The molecule has 112 valence electrons. The first-order chi connectivity index (χ1) is 9.66. The van der Waals surface area contributed by atoms with Crippen molar-refractivity contribution in [2.45, 2.75) is 19.8 Å². The lowest BCUT2D eigenvalue weighted by Gasteiger charge is -2.21. The zero-order valence-corrected chi connectivity index (χ0v) is 12.6. The Balaban J connectivity index is 2.05. The zero-order chi connectivity index (χ0) is 14.5. The maximum Gasteiger partial charge on any atom is 0.124 e. The second-order valence-electron chi connectivity index (χ2n) is 5.70. The summed E-state index contributed by atoms with van der Waals surface area (Å²) in [4.78, 5) is 2.37. The van der Waals surface area contributed by atoms with Crippen LogP contribution < -0.4 is 14.4 Å². The van der Waals surface area contributed by atoms with Crippen LogP contribution in [0.1, 0.15) is 19.8 Å². The third-order valence-corrected chi connectivity index (χ3v) is 4.03. The van der Waals surface area contributed by atoms with Gasteiger partial charge in [0.2, 0.25) is 0 Å². The van der Waals surface area contributed by atoms with Gasteiger partial charge < -0.3 is 19.5 Å². The number of aliphatic hydroxyl groups is 1. The van der Waals surface area contributed by atoms with Crippen molar-refractivity contribution in [3.8, 4) is 11.5 Å². The first-order valence-corrected chi connectivity index (χ1v) is 7.25. The summed E-state index contributed by atoms with van der Waals surface area (Å²) in [6.07, 6.45) is 2.28. The molecule has 0 spiro atoms. The third kappa shape index (κ3) is 3.57. The van der Waals surface area contributed by atoms with Crippen LogP contribution in [0.5, 0.6) is 11.5 Å². The third-order valence-electron chi connectivity index (χ3n) is 4.03. The van der Waals surface area contributed by atoms with E-state index in [1.165, 1.54) is 6.42 Å². The minimum absolute atomic E-state index is 0.281. The van der Waals surface area contributed by atoms with E-state index in [0.29, 0.717) is 11.8 Å². The van der Waals surface area contributed by atoms with Gasteiger partial charge in [0.1, 0.15) is 11.5 Å². The van der Waals surface area contributed by atoms with Gasteiger partial charge in [-0.15, -0.1) is 0 Å². The fourth-order valence-corrected chi connectivity index (χ4v) is 2.88. The summed E-state index contributed by atoms with van der Waals surface area (Å²) in [6.45, 7) is 4.49. The number of nitrogens with zero attached hydrogens (tertiary/aromatic N) is 1. The highest BCUT2D eigenvalue weighted by Gasteiger charge is 2.24. The van der Waals surface area contributed by atoms with E-state index in [1.807, 2.05) is 6.07 Å². The number of benzene rings is 1. The molecule has 1 aliphatic rings. The second-order valence-corrected chi connectivity index (χ2v) is 5.70. The van der Waals surface area contributed by atoms with Crippen molar-refractivity contribution in [2.75, 3.05) is 38.8 Å². The average molecular weight is 279 g/mol. The molecule has 1 heterocycles. The van der Waals surface area contributed by atoms with Gasteiger partial charge in [0.05, 0.1) is 14.2 Å². The minimum Gasteiger partial charge on any atom is -0.497 e. The van der Waals surface area contributed by atoms with Crippen molar-refractivity contribution in [1.82, 2.24) is 0 Å². The molecule has 0 saturated carbocycles. The molecule has 1 aromatic carbocycles. The van der Waals surface area contributed by atoms with Crippen LogP contribution in [0.2, 0.25) is 0 Å². The van der Waals surface area contributed by atoms with E-state index in [-0.39, 0.29) is 6.61 Å². The normalized spacial score (nSPS) is 20.0. The molecular formula is C16H25NO3. The van der Waals surface area contributed by atoms with E-state index in [1.54, 1.807) is 14.2 Å². The molecule has 4 nitrogen and oxygen atoms in total. The SMILES string of the molecule is COc1cc(OC)cc(N2CCC(CC(C)CO)C2)c1. The first-order valence-electron chi connectivity index (χ1n) is 7.25. The number of rotatable bonds is 6. The number of hydrogen-bond acceptors (Lipinski definition) is 4. The van der Waals surface area contributed by atoms with Crippen molar-refractivity contribution in [1.29, 1.82) is 0 Å². The van der Waals surface area contributed by atoms with E-state index in [9.17, 15) is 0 Å². The Kier molecular flexibility index (Phi) is 5.12. The highest BCUT2D eigenvalue weighted by Crippen LogP contribution is 2.33. The summed E-state index contributed by atoms with van der Waals surface area (Å²) >= 11 is 0. The van der Waals surface area contributed by atoms with E-state index >= 15 is 0 Å². The quantitative estimate of drug-likeness (QED) is 0.869. The van der Waals surface area contributed by atoms with Crippen molar-refractivity contribution in [3.63, 3.8) is 0 Å². The maximum absolute atomic E-state index is 9.17. The summed E-state index contributed by atoms with van der Waals surface area (Å²) in [5.41, 5.74) is 1.15. The molecule has 1 N–H and O–H groups in total. The van der Waals surface area contributed by atoms with Crippen molar-refractivity contribution < 1.29 is 14.6 Å². The molecule has 1 saturated heterocycles. The summed E-state index contributed by atoms with van der Waals surface area (Å²) in [7, 11) is 3.35. The molecule has 1 aromatic rings. The molecule has 0 bridgehead atoms. The van der Waals surface area contributed by atoms with Crippen LogP contribution in [-0.4, -0.2) is 39.0 Å². The molecule has 20 heavy (non-hydrogen) atoms. The Morgan fingerprint density at radius 2 is 1.90 bits per heavy atom. The van der Waals surface area contributed by atoms with Gasteiger partial charge in [-0.3, -0.25) is 0 Å². The second kappa shape index (κ2) is 6.84. The van der Waals surface area contributed by atoms with Crippen molar-refractivity contribution >= 4 is 5.69 Å². The van der Waals surface area contributed by atoms with Crippen LogP contribution in [0.4, 0.5) is 5.69 Å². The smallest absolute Gasteiger partial charge is 0.124 e. The van der Waals surface area contributed by atoms with Gasteiger partial charge in [0.15, 0.2) is 0 Å². The summed E-state index contributed by atoms with van der Waals surface area (Å²) in [5.74, 6) is 2.70. The number of aliphatic hydroxyl groups excluding tert-OH is 1. The van der Waals surface area contributed by atoms with Gasteiger partial charge in [0, 0.05) is 43.6 Å². The highest BCUT2D eigenvalue weighted by atomic mass is 16.5. The Morgan fingerprint density at radius 3 is 2.45 bits per heavy atom. The Bertz CT molecular complexity index is 413. The van der Waals surface area contributed by atoms with Crippen LogP contribution in [-0.2, 0) is 0 Å². The van der Waals surface area contributed by atoms with Gasteiger partial charge in [0.25, 0.3) is 0 Å². The van der Waals surface area contributed by atoms with E-state index in [0.717, 1.165) is 36.7 Å². The predicted octanol–water partition coefficient (Wildman–Crippen LogP) is 2.55. The Labute approximate surface area is 121 Å². The molecular weight excluding hydrogens is 254 g/mol. The largest absolute Gasteiger partial charge is 0.497 e. The molecule has 4 heteroatoms. The monoisotopic (exact) mass is 279 g/mol. The lowest BCUT2D eigenvalue weighted by molar-refractivity contribution is 0.215. The van der Waals surface area contributed by atoms with Gasteiger partial charge >= 0.3 is 0 Å². The topological polar surface area (TPSA) is 41.9 Å².